The predicted octanol–water partition coefficient (Wildman–Crippen LogP) is 4.95. The fraction of sp³-hybridized carbons (Fsp3) is 0.125. The van der Waals surface area contributed by atoms with Crippen LogP contribution in [-0.4, -0.2) is 15.7 Å². The van der Waals surface area contributed by atoms with Gasteiger partial charge in [-0.05, 0) is 34.0 Å². The molecule has 0 fully saturated rings. The normalized spacial score (nSPS) is 10.8. The Morgan fingerprint density at radius 2 is 1.77 bits per heavy atom. The van der Waals surface area contributed by atoms with Gasteiger partial charge in [0, 0.05) is 6.92 Å². The highest BCUT2D eigenvalue weighted by molar-refractivity contribution is 6.31. The minimum atomic E-state index is -0.426. The zero-order valence-electron chi connectivity index (χ0n) is 16.7. The molecule has 1 heterocycles. The number of esters is 1. The Labute approximate surface area is 183 Å². The summed E-state index contributed by atoms with van der Waals surface area (Å²) in [5.41, 5.74) is 1.34. The highest BCUT2D eigenvalue weighted by Gasteiger charge is 2.14. The van der Waals surface area contributed by atoms with Crippen LogP contribution in [0, 0.1) is 0 Å². The number of hydrogen-bond donors (Lipinski definition) is 0. The Hall–Kier alpha value is -3.64. The van der Waals surface area contributed by atoms with Crippen molar-refractivity contribution in [2.45, 2.75) is 20.1 Å². The SMILES string of the molecule is CC(=O)OCc1ccc(Oc2c(Cl)cnn(Cc3cccc4ccccc34)c2=O)cc1. The highest BCUT2D eigenvalue weighted by Crippen LogP contribution is 2.26. The van der Waals surface area contributed by atoms with Crippen molar-refractivity contribution >= 4 is 28.3 Å². The number of halogens is 1. The molecule has 0 radical (unpaired) electrons. The number of nitrogens with zero attached hydrogens (tertiary/aromatic N) is 2. The molecule has 0 saturated heterocycles. The molecule has 6 nitrogen and oxygen atoms in total. The third kappa shape index (κ3) is 4.75. The number of carbonyl (C=O) groups excluding carboxylic acids is 1. The zero-order valence-corrected chi connectivity index (χ0v) is 17.5. The number of hydrogen-bond acceptors (Lipinski definition) is 5. The molecule has 156 valence electrons. The molecule has 0 aliphatic carbocycles. The standard InChI is InChI=1S/C24H19ClN2O4/c1-16(28)30-15-17-9-11-20(12-10-17)31-23-22(25)13-26-27(24(23)29)14-19-7-4-6-18-5-2-3-8-21(18)19/h2-13H,14-15H2,1H3. The highest BCUT2D eigenvalue weighted by atomic mass is 35.5. The molecule has 0 bridgehead atoms. The first-order chi connectivity index (χ1) is 15.0. The number of aromatic nitrogens is 2. The number of carbonyl (C=O) groups is 1. The molecule has 0 amide bonds. The minimum Gasteiger partial charge on any atom is -0.461 e. The van der Waals surface area contributed by atoms with Gasteiger partial charge in [-0.3, -0.25) is 9.59 Å². The van der Waals surface area contributed by atoms with E-state index >= 15 is 0 Å². The fourth-order valence-corrected chi connectivity index (χ4v) is 3.37. The molecule has 0 unspecified atom stereocenters. The van der Waals surface area contributed by atoms with Crippen LogP contribution in [0.2, 0.25) is 5.02 Å². The summed E-state index contributed by atoms with van der Waals surface area (Å²) >= 11 is 6.21. The van der Waals surface area contributed by atoms with Crippen molar-refractivity contribution < 1.29 is 14.3 Å². The Morgan fingerprint density at radius 3 is 2.55 bits per heavy atom. The number of benzene rings is 3. The first-order valence-electron chi connectivity index (χ1n) is 9.63. The van der Waals surface area contributed by atoms with Crippen molar-refractivity contribution in [1.29, 1.82) is 0 Å². The summed E-state index contributed by atoms with van der Waals surface area (Å²) in [5.74, 6) is 0.0914. The molecule has 7 heteroatoms. The summed E-state index contributed by atoms with van der Waals surface area (Å²) in [5, 5.41) is 6.45. The molecule has 0 N–H and O–H groups in total. The molecule has 0 saturated carbocycles. The largest absolute Gasteiger partial charge is 0.461 e. The van der Waals surface area contributed by atoms with Crippen LogP contribution in [0.4, 0.5) is 0 Å². The van der Waals surface area contributed by atoms with Crippen LogP contribution in [0.25, 0.3) is 10.8 Å². The lowest BCUT2D eigenvalue weighted by Crippen LogP contribution is -2.24. The smallest absolute Gasteiger partial charge is 0.311 e. The lowest BCUT2D eigenvalue weighted by Gasteiger charge is -2.12. The summed E-state index contributed by atoms with van der Waals surface area (Å²) in [6, 6.07) is 20.8. The molecule has 0 atom stereocenters. The summed E-state index contributed by atoms with van der Waals surface area (Å²) in [6.45, 7) is 1.81. The maximum absolute atomic E-state index is 13.0. The lowest BCUT2D eigenvalue weighted by molar-refractivity contribution is -0.142. The Bertz CT molecular complexity index is 1290. The molecule has 31 heavy (non-hydrogen) atoms. The molecule has 4 aromatic rings. The van der Waals surface area contributed by atoms with Gasteiger partial charge in [-0.1, -0.05) is 66.2 Å². The quantitative estimate of drug-likeness (QED) is 0.401. The van der Waals surface area contributed by atoms with Gasteiger partial charge in [0.1, 0.15) is 17.4 Å². The van der Waals surface area contributed by atoms with Crippen LogP contribution >= 0.6 is 11.6 Å². The maximum atomic E-state index is 13.0. The van der Waals surface area contributed by atoms with Crippen molar-refractivity contribution in [2.24, 2.45) is 0 Å². The van der Waals surface area contributed by atoms with Gasteiger partial charge in [-0.2, -0.15) is 5.10 Å². The third-order valence-corrected chi connectivity index (χ3v) is 5.01. The molecule has 4 rings (SSSR count). The van der Waals surface area contributed by atoms with Gasteiger partial charge >= 0.3 is 11.5 Å². The van der Waals surface area contributed by atoms with E-state index in [4.69, 9.17) is 21.1 Å². The van der Waals surface area contributed by atoms with Crippen molar-refractivity contribution in [3.05, 3.63) is 99.4 Å². The Balaban J connectivity index is 1.59. The summed E-state index contributed by atoms with van der Waals surface area (Å²) < 4.78 is 12.1. The second kappa shape index (κ2) is 9.02. The van der Waals surface area contributed by atoms with E-state index < -0.39 is 5.56 Å². The molecular formula is C24H19ClN2O4. The lowest BCUT2D eigenvalue weighted by atomic mass is 10.0. The van der Waals surface area contributed by atoms with E-state index in [9.17, 15) is 9.59 Å². The summed E-state index contributed by atoms with van der Waals surface area (Å²) in [6.07, 6.45) is 1.40. The van der Waals surface area contributed by atoms with Crippen molar-refractivity contribution in [3.8, 4) is 11.5 Å². The molecule has 0 spiro atoms. The van der Waals surface area contributed by atoms with E-state index in [1.165, 1.54) is 17.8 Å². The van der Waals surface area contributed by atoms with Gasteiger partial charge in [0.2, 0.25) is 5.75 Å². The van der Waals surface area contributed by atoms with Crippen LogP contribution in [0.5, 0.6) is 11.5 Å². The van der Waals surface area contributed by atoms with E-state index in [0.29, 0.717) is 5.75 Å². The Kier molecular flexibility index (Phi) is 6.00. The molecule has 0 aliphatic heterocycles. The number of rotatable bonds is 6. The van der Waals surface area contributed by atoms with Gasteiger partial charge in [-0.25, -0.2) is 4.68 Å². The first-order valence-corrected chi connectivity index (χ1v) is 10.0. The van der Waals surface area contributed by atoms with Crippen molar-refractivity contribution in [2.75, 3.05) is 0 Å². The van der Waals surface area contributed by atoms with Gasteiger partial charge in [-0.15, -0.1) is 0 Å². The van der Waals surface area contributed by atoms with E-state index in [1.54, 1.807) is 24.3 Å². The fourth-order valence-electron chi connectivity index (χ4n) is 3.20. The second-order valence-corrected chi connectivity index (χ2v) is 7.36. The van der Waals surface area contributed by atoms with E-state index in [1.807, 2.05) is 42.5 Å². The monoisotopic (exact) mass is 434 g/mol. The third-order valence-electron chi connectivity index (χ3n) is 4.74. The molecule has 1 aromatic heterocycles. The van der Waals surface area contributed by atoms with Crippen LogP contribution in [0.3, 0.4) is 0 Å². The summed E-state index contributed by atoms with van der Waals surface area (Å²) in [4.78, 5) is 23.9. The van der Waals surface area contributed by atoms with Crippen LogP contribution in [0.1, 0.15) is 18.1 Å². The maximum Gasteiger partial charge on any atom is 0.311 e. The second-order valence-electron chi connectivity index (χ2n) is 6.95. The van der Waals surface area contributed by atoms with E-state index in [-0.39, 0.29) is 29.9 Å². The minimum absolute atomic E-state index is 0.00430. The average molecular weight is 435 g/mol. The first kappa shape index (κ1) is 20.6. The number of ether oxygens (including phenoxy) is 2. The summed E-state index contributed by atoms with van der Waals surface area (Å²) in [7, 11) is 0. The molecule has 3 aromatic carbocycles. The number of fused-ring (bicyclic) bond motifs is 1. The predicted molar refractivity (Wildman–Crippen MR) is 119 cm³/mol. The van der Waals surface area contributed by atoms with Crippen molar-refractivity contribution in [1.82, 2.24) is 9.78 Å². The zero-order chi connectivity index (χ0) is 21.8. The van der Waals surface area contributed by atoms with Crippen LogP contribution in [0.15, 0.2) is 77.7 Å². The average Bonchev–Trinajstić information content (AvgIpc) is 2.78. The van der Waals surface area contributed by atoms with Crippen molar-refractivity contribution in [3.63, 3.8) is 0 Å². The van der Waals surface area contributed by atoms with Gasteiger partial charge in [0.15, 0.2) is 0 Å². The topological polar surface area (TPSA) is 70.4 Å². The van der Waals surface area contributed by atoms with Gasteiger partial charge < -0.3 is 9.47 Å². The van der Waals surface area contributed by atoms with E-state index in [0.717, 1.165) is 21.9 Å². The van der Waals surface area contributed by atoms with Crippen LogP contribution < -0.4 is 10.3 Å². The molecule has 0 aliphatic rings. The van der Waals surface area contributed by atoms with E-state index in [2.05, 4.69) is 5.10 Å². The van der Waals surface area contributed by atoms with Gasteiger partial charge in [0.25, 0.3) is 0 Å². The molecular weight excluding hydrogens is 416 g/mol. The Morgan fingerprint density at radius 1 is 1.03 bits per heavy atom. The van der Waals surface area contributed by atoms with Crippen LogP contribution in [-0.2, 0) is 22.7 Å². The van der Waals surface area contributed by atoms with Gasteiger partial charge in [0.05, 0.1) is 12.7 Å².